The summed E-state index contributed by atoms with van der Waals surface area (Å²) in [6.07, 6.45) is 11.3. The molecule has 2 aromatic heterocycles. The SMILES string of the molecule is O=C(c1cnn2cccnc12)N1CCN(Cc2ccccc2)C2(CCCCC2)C1. The predicted molar refractivity (Wildman–Crippen MR) is 112 cm³/mol. The van der Waals surface area contributed by atoms with E-state index in [2.05, 4.69) is 45.3 Å². The van der Waals surface area contributed by atoms with Crippen LogP contribution in [0.15, 0.2) is 55.0 Å². The Balaban J connectivity index is 1.40. The second-order valence-electron chi connectivity index (χ2n) is 8.36. The van der Waals surface area contributed by atoms with Gasteiger partial charge in [-0.2, -0.15) is 5.10 Å². The lowest BCUT2D eigenvalue weighted by Gasteiger charge is -2.53. The van der Waals surface area contributed by atoms with Gasteiger partial charge in [0, 0.05) is 44.1 Å². The maximum absolute atomic E-state index is 13.4. The number of benzene rings is 1. The number of hydrogen-bond acceptors (Lipinski definition) is 4. The van der Waals surface area contributed by atoms with E-state index in [-0.39, 0.29) is 11.4 Å². The molecule has 1 aliphatic heterocycles. The predicted octanol–water partition coefficient (Wildman–Crippen LogP) is 3.39. The minimum absolute atomic E-state index is 0.0583. The molecule has 0 radical (unpaired) electrons. The molecule has 6 nitrogen and oxygen atoms in total. The van der Waals surface area contributed by atoms with Crippen molar-refractivity contribution in [2.45, 2.75) is 44.2 Å². The first-order valence-electron chi connectivity index (χ1n) is 10.6. The van der Waals surface area contributed by atoms with Crippen LogP contribution >= 0.6 is 0 Å². The van der Waals surface area contributed by atoms with Crippen LogP contribution in [0.4, 0.5) is 0 Å². The summed E-state index contributed by atoms with van der Waals surface area (Å²) in [5.74, 6) is 0.0583. The molecule has 6 heteroatoms. The van der Waals surface area contributed by atoms with Crippen LogP contribution in [-0.2, 0) is 6.54 Å². The lowest BCUT2D eigenvalue weighted by molar-refractivity contribution is -0.0252. The van der Waals surface area contributed by atoms with E-state index in [0.717, 1.165) is 39.0 Å². The highest BCUT2D eigenvalue weighted by atomic mass is 16.2. The summed E-state index contributed by atoms with van der Waals surface area (Å²) >= 11 is 0. The van der Waals surface area contributed by atoms with E-state index in [1.807, 2.05) is 17.2 Å². The molecule has 1 aromatic carbocycles. The van der Waals surface area contributed by atoms with Crippen LogP contribution in [0.3, 0.4) is 0 Å². The fourth-order valence-electron chi connectivity index (χ4n) is 5.07. The van der Waals surface area contributed by atoms with Crippen molar-refractivity contribution in [3.63, 3.8) is 0 Å². The fraction of sp³-hybridized carbons (Fsp3) is 0.435. The van der Waals surface area contributed by atoms with Crippen LogP contribution in [0.2, 0.25) is 0 Å². The van der Waals surface area contributed by atoms with Crippen LogP contribution in [0, 0.1) is 0 Å². The molecule has 1 amide bonds. The molecule has 0 unspecified atom stereocenters. The van der Waals surface area contributed by atoms with Crippen LogP contribution < -0.4 is 0 Å². The molecule has 2 fully saturated rings. The van der Waals surface area contributed by atoms with Gasteiger partial charge in [-0.3, -0.25) is 9.69 Å². The van der Waals surface area contributed by atoms with Crippen molar-refractivity contribution in [1.29, 1.82) is 0 Å². The third kappa shape index (κ3) is 3.42. The Labute approximate surface area is 171 Å². The summed E-state index contributed by atoms with van der Waals surface area (Å²) in [7, 11) is 0. The van der Waals surface area contributed by atoms with Crippen molar-refractivity contribution in [3.8, 4) is 0 Å². The van der Waals surface area contributed by atoms with Gasteiger partial charge in [-0.05, 0) is 24.5 Å². The lowest BCUT2D eigenvalue weighted by atomic mass is 9.78. The lowest BCUT2D eigenvalue weighted by Crippen LogP contribution is -2.63. The van der Waals surface area contributed by atoms with E-state index in [1.165, 1.54) is 24.8 Å². The molecule has 150 valence electrons. The summed E-state index contributed by atoms with van der Waals surface area (Å²) < 4.78 is 1.68. The van der Waals surface area contributed by atoms with Crippen LogP contribution in [0.5, 0.6) is 0 Å². The topological polar surface area (TPSA) is 53.7 Å². The Bertz CT molecular complexity index is 993. The Morgan fingerprint density at radius 2 is 1.86 bits per heavy atom. The van der Waals surface area contributed by atoms with Gasteiger partial charge < -0.3 is 4.90 Å². The van der Waals surface area contributed by atoms with E-state index in [9.17, 15) is 4.79 Å². The maximum atomic E-state index is 13.4. The molecule has 0 atom stereocenters. The molecular weight excluding hydrogens is 362 g/mol. The van der Waals surface area contributed by atoms with E-state index >= 15 is 0 Å². The van der Waals surface area contributed by atoms with Gasteiger partial charge in [0.15, 0.2) is 5.65 Å². The minimum Gasteiger partial charge on any atom is -0.335 e. The van der Waals surface area contributed by atoms with E-state index in [1.54, 1.807) is 16.9 Å². The quantitative estimate of drug-likeness (QED) is 0.689. The van der Waals surface area contributed by atoms with Crippen molar-refractivity contribution < 1.29 is 4.79 Å². The standard InChI is InChI=1S/C23H27N5O/c29-22(20-16-25-28-13-7-12-24-21(20)28)26-14-15-27(17-19-8-3-1-4-9-19)23(18-26)10-5-2-6-11-23/h1,3-4,7-9,12-13,16H,2,5-6,10-11,14-15,17-18H2. The Kier molecular flexibility index (Phi) is 4.79. The van der Waals surface area contributed by atoms with Gasteiger partial charge in [0.05, 0.1) is 6.20 Å². The van der Waals surface area contributed by atoms with Crippen LogP contribution in [0.1, 0.15) is 48.0 Å². The molecule has 1 aliphatic carbocycles. The van der Waals surface area contributed by atoms with Gasteiger partial charge in [-0.25, -0.2) is 9.50 Å². The number of fused-ring (bicyclic) bond motifs is 1. The Hall–Kier alpha value is -2.73. The Morgan fingerprint density at radius 1 is 1.03 bits per heavy atom. The summed E-state index contributed by atoms with van der Waals surface area (Å²) in [6.45, 7) is 3.41. The number of hydrogen-bond donors (Lipinski definition) is 0. The number of aromatic nitrogens is 3. The smallest absolute Gasteiger partial charge is 0.259 e. The number of rotatable bonds is 3. The number of piperazine rings is 1. The minimum atomic E-state index is 0.0583. The molecule has 0 bridgehead atoms. The van der Waals surface area contributed by atoms with Crippen LogP contribution in [0.25, 0.3) is 5.65 Å². The van der Waals surface area contributed by atoms with Gasteiger partial charge in [-0.1, -0.05) is 49.6 Å². The molecule has 2 aliphatic rings. The molecule has 29 heavy (non-hydrogen) atoms. The zero-order chi connectivity index (χ0) is 19.7. The van der Waals surface area contributed by atoms with Gasteiger partial charge in [0.2, 0.25) is 0 Å². The summed E-state index contributed by atoms with van der Waals surface area (Å²) in [5.41, 5.74) is 2.68. The number of nitrogens with zero attached hydrogens (tertiary/aromatic N) is 5. The van der Waals surface area contributed by atoms with Gasteiger partial charge in [-0.15, -0.1) is 0 Å². The molecule has 3 aromatic rings. The van der Waals surface area contributed by atoms with Crippen molar-refractivity contribution >= 4 is 11.6 Å². The highest BCUT2D eigenvalue weighted by Gasteiger charge is 2.43. The van der Waals surface area contributed by atoms with Crippen molar-refractivity contribution in [2.75, 3.05) is 19.6 Å². The van der Waals surface area contributed by atoms with E-state index in [4.69, 9.17) is 0 Å². The van der Waals surface area contributed by atoms with Gasteiger partial charge >= 0.3 is 0 Å². The highest BCUT2D eigenvalue weighted by molar-refractivity contribution is 5.99. The molecular formula is C23H27N5O. The van der Waals surface area contributed by atoms with E-state index < -0.39 is 0 Å². The zero-order valence-electron chi connectivity index (χ0n) is 16.7. The van der Waals surface area contributed by atoms with Gasteiger partial charge in [0.25, 0.3) is 5.91 Å². The second-order valence-corrected chi connectivity index (χ2v) is 8.36. The molecule has 3 heterocycles. The number of carbonyl (C=O) groups is 1. The van der Waals surface area contributed by atoms with Crippen molar-refractivity contribution in [2.24, 2.45) is 0 Å². The molecule has 1 saturated carbocycles. The van der Waals surface area contributed by atoms with Crippen molar-refractivity contribution in [3.05, 3.63) is 66.1 Å². The third-order valence-corrected chi connectivity index (χ3v) is 6.59. The maximum Gasteiger partial charge on any atom is 0.259 e. The first-order valence-corrected chi connectivity index (χ1v) is 10.6. The second kappa shape index (κ2) is 7.59. The van der Waals surface area contributed by atoms with Gasteiger partial charge in [0.1, 0.15) is 5.56 Å². The normalized spacial score (nSPS) is 19.7. The summed E-state index contributed by atoms with van der Waals surface area (Å²) in [4.78, 5) is 22.4. The Morgan fingerprint density at radius 3 is 2.69 bits per heavy atom. The first-order chi connectivity index (χ1) is 14.3. The average Bonchev–Trinajstić information content (AvgIpc) is 3.20. The number of amides is 1. The summed E-state index contributed by atoms with van der Waals surface area (Å²) in [5, 5.41) is 4.31. The number of carbonyl (C=O) groups excluding carboxylic acids is 1. The molecule has 5 rings (SSSR count). The average molecular weight is 390 g/mol. The summed E-state index contributed by atoms with van der Waals surface area (Å²) in [6, 6.07) is 12.5. The zero-order valence-corrected chi connectivity index (χ0v) is 16.7. The monoisotopic (exact) mass is 389 g/mol. The highest BCUT2D eigenvalue weighted by Crippen LogP contribution is 2.38. The molecule has 1 spiro atoms. The molecule has 0 N–H and O–H groups in total. The first kappa shape index (κ1) is 18.3. The van der Waals surface area contributed by atoms with Crippen molar-refractivity contribution in [1.82, 2.24) is 24.4 Å². The third-order valence-electron chi connectivity index (χ3n) is 6.59. The van der Waals surface area contributed by atoms with E-state index in [0.29, 0.717) is 11.2 Å². The largest absolute Gasteiger partial charge is 0.335 e. The molecule has 1 saturated heterocycles. The van der Waals surface area contributed by atoms with Crippen LogP contribution in [-0.4, -0.2) is 55.5 Å². The fourth-order valence-corrected chi connectivity index (χ4v) is 5.07.